The van der Waals surface area contributed by atoms with E-state index in [4.69, 9.17) is 11.0 Å². The zero-order valence-corrected chi connectivity index (χ0v) is 9.71. The van der Waals surface area contributed by atoms with E-state index in [1.54, 1.807) is 0 Å². The van der Waals surface area contributed by atoms with Crippen molar-refractivity contribution in [3.63, 3.8) is 0 Å². The van der Waals surface area contributed by atoms with E-state index in [2.05, 4.69) is 4.72 Å². The van der Waals surface area contributed by atoms with Crippen LogP contribution < -0.4 is 10.5 Å². The van der Waals surface area contributed by atoms with Crippen LogP contribution in [0.3, 0.4) is 0 Å². The van der Waals surface area contributed by atoms with E-state index >= 15 is 0 Å². The Kier molecular flexibility index (Phi) is 3.88. The van der Waals surface area contributed by atoms with Crippen molar-refractivity contribution in [1.82, 2.24) is 4.72 Å². The fourth-order valence-electron chi connectivity index (χ4n) is 1.18. The van der Waals surface area contributed by atoms with Crippen LogP contribution in [-0.4, -0.2) is 15.0 Å². The van der Waals surface area contributed by atoms with Crippen LogP contribution in [-0.2, 0) is 10.0 Å². The Labute approximate surface area is 94.9 Å². The number of nitrogens with two attached hydrogens (primary N) is 1. The van der Waals surface area contributed by atoms with Gasteiger partial charge in [0.15, 0.2) is 0 Å². The van der Waals surface area contributed by atoms with Gasteiger partial charge in [0.05, 0.1) is 10.5 Å². The highest BCUT2D eigenvalue weighted by molar-refractivity contribution is 7.89. The van der Waals surface area contributed by atoms with Crippen molar-refractivity contribution in [3.8, 4) is 6.07 Å². The van der Waals surface area contributed by atoms with Crippen molar-refractivity contribution in [2.45, 2.75) is 18.2 Å². The lowest BCUT2D eigenvalue weighted by Gasteiger charge is -2.07. The van der Waals surface area contributed by atoms with Gasteiger partial charge in [0.2, 0.25) is 10.0 Å². The number of hydrogen-bond acceptors (Lipinski definition) is 4. The lowest BCUT2D eigenvalue weighted by Crippen LogP contribution is -2.25. The molecule has 0 saturated heterocycles. The maximum atomic E-state index is 11.8. The zero-order chi connectivity index (χ0) is 12.2. The van der Waals surface area contributed by atoms with Gasteiger partial charge in [-0.25, -0.2) is 13.1 Å². The van der Waals surface area contributed by atoms with Crippen LogP contribution in [0.2, 0.25) is 0 Å². The molecule has 0 radical (unpaired) electrons. The summed E-state index contributed by atoms with van der Waals surface area (Å²) in [6, 6.07) is 5.97. The quantitative estimate of drug-likeness (QED) is 0.760. The molecular weight excluding hydrogens is 226 g/mol. The summed E-state index contributed by atoms with van der Waals surface area (Å²) in [5, 5.41) is 8.83. The molecule has 0 bridgehead atoms. The number of nitrogens with zero attached hydrogens (tertiary/aromatic N) is 1. The first-order chi connectivity index (χ1) is 7.51. The van der Waals surface area contributed by atoms with Gasteiger partial charge in [-0.05, 0) is 24.6 Å². The molecule has 0 heterocycles. The maximum Gasteiger partial charge on any atom is 0.241 e. The van der Waals surface area contributed by atoms with E-state index in [-0.39, 0.29) is 10.5 Å². The van der Waals surface area contributed by atoms with E-state index < -0.39 is 10.0 Å². The van der Waals surface area contributed by atoms with Crippen LogP contribution in [0.15, 0.2) is 23.1 Å². The predicted molar refractivity (Wildman–Crippen MR) is 61.0 cm³/mol. The van der Waals surface area contributed by atoms with Crippen molar-refractivity contribution in [1.29, 1.82) is 5.26 Å². The minimum atomic E-state index is -3.61. The van der Waals surface area contributed by atoms with E-state index in [1.807, 2.05) is 13.0 Å². The Morgan fingerprint density at radius 3 is 2.75 bits per heavy atom. The molecule has 0 fully saturated rings. The number of sulfonamides is 1. The third kappa shape index (κ3) is 2.72. The molecule has 86 valence electrons. The number of benzene rings is 1. The van der Waals surface area contributed by atoms with Crippen LogP contribution >= 0.6 is 0 Å². The average Bonchev–Trinajstić information content (AvgIpc) is 2.26. The van der Waals surface area contributed by atoms with E-state index in [0.717, 1.165) is 0 Å². The molecule has 0 aliphatic heterocycles. The second-order valence-electron chi connectivity index (χ2n) is 3.27. The first-order valence-corrected chi connectivity index (χ1v) is 6.29. The van der Waals surface area contributed by atoms with Gasteiger partial charge in [0, 0.05) is 12.2 Å². The minimum Gasteiger partial charge on any atom is -0.399 e. The second-order valence-corrected chi connectivity index (χ2v) is 5.00. The Hall–Kier alpha value is -1.58. The zero-order valence-electron chi connectivity index (χ0n) is 8.90. The molecule has 0 aromatic heterocycles. The molecule has 0 aliphatic carbocycles. The van der Waals surface area contributed by atoms with Crippen LogP contribution in [0.25, 0.3) is 0 Å². The Morgan fingerprint density at radius 1 is 1.50 bits per heavy atom. The summed E-state index contributed by atoms with van der Waals surface area (Å²) in [4.78, 5) is -0.0300. The molecule has 0 amide bonds. The Bertz CT molecular complexity index is 517. The van der Waals surface area contributed by atoms with Crippen molar-refractivity contribution < 1.29 is 8.42 Å². The predicted octanol–water partition coefficient (Wildman–Crippen LogP) is 0.829. The van der Waals surface area contributed by atoms with E-state index in [1.165, 1.54) is 18.2 Å². The number of anilines is 1. The summed E-state index contributed by atoms with van der Waals surface area (Å²) in [7, 11) is -3.61. The highest BCUT2D eigenvalue weighted by Gasteiger charge is 2.17. The van der Waals surface area contributed by atoms with Gasteiger partial charge in [0.25, 0.3) is 0 Å². The number of nitrogens with one attached hydrogen (secondary N) is 1. The lowest BCUT2D eigenvalue weighted by molar-refractivity contribution is 0.580. The molecule has 3 N–H and O–H groups in total. The summed E-state index contributed by atoms with van der Waals surface area (Å²) in [6.45, 7) is 2.20. The van der Waals surface area contributed by atoms with Gasteiger partial charge in [-0.15, -0.1) is 0 Å². The molecule has 6 heteroatoms. The first-order valence-electron chi connectivity index (χ1n) is 4.80. The van der Waals surface area contributed by atoms with Gasteiger partial charge in [-0.3, -0.25) is 0 Å². The van der Waals surface area contributed by atoms with Crippen molar-refractivity contribution in [2.75, 3.05) is 12.3 Å². The Balaban J connectivity index is 3.19. The van der Waals surface area contributed by atoms with Gasteiger partial charge in [-0.2, -0.15) is 5.26 Å². The highest BCUT2D eigenvalue weighted by atomic mass is 32.2. The summed E-state index contributed by atoms with van der Waals surface area (Å²) >= 11 is 0. The largest absolute Gasteiger partial charge is 0.399 e. The smallest absolute Gasteiger partial charge is 0.241 e. The summed E-state index contributed by atoms with van der Waals surface area (Å²) in [5.74, 6) is 0. The average molecular weight is 239 g/mol. The molecule has 16 heavy (non-hydrogen) atoms. The van der Waals surface area contributed by atoms with Crippen LogP contribution in [0, 0.1) is 11.3 Å². The fourth-order valence-corrected chi connectivity index (χ4v) is 2.45. The van der Waals surface area contributed by atoms with Crippen molar-refractivity contribution in [2.24, 2.45) is 0 Å². The standard InChI is InChI=1S/C10H13N3O2S/c1-2-5-13-16(14,15)10-4-3-9(12)6-8(10)7-11/h3-4,6,13H,2,5,12H2,1H3. The molecular formula is C10H13N3O2S. The fraction of sp³-hybridized carbons (Fsp3) is 0.300. The first kappa shape index (κ1) is 12.5. The van der Waals surface area contributed by atoms with Gasteiger partial charge >= 0.3 is 0 Å². The lowest BCUT2D eigenvalue weighted by atomic mass is 10.2. The number of rotatable bonds is 4. The molecule has 1 aromatic rings. The molecule has 0 aliphatic rings. The van der Waals surface area contributed by atoms with Gasteiger partial charge < -0.3 is 5.73 Å². The normalized spacial score (nSPS) is 11.0. The molecule has 5 nitrogen and oxygen atoms in total. The summed E-state index contributed by atoms with van der Waals surface area (Å²) < 4.78 is 26.0. The van der Waals surface area contributed by atoms with Gasteiger partial charge in [0.1, 0.15) is 6.07 Å². The number of hydrogen-bond donors (Lipinski definition) is 2. The SMILES string of the molecule is CCCNS(=O)(=O)c1ccc(N)cc1C#N. The van der Waals surface area contributed by atoms with E-state index in [9.17, 15) is 8.42 Å². The summed E-state index contributed by atoms with van der Waals surface area (Å²) in [5.41, 5.74) is 5.91. The molecule has 0 saturated carbocycles. The van der Waals surface area contributed by atoms with Gasteiger partial charge in [-0.1, -0.05) is 6.92 Å². The van der Waals surface area contributed by atoms with Crippen molar-refractivity contribution in [3.05, 3.63) is 23.8 Å². The Morgan fingerprint density at radius 2 is 2.19 bits per heavy atom. The third-order valence-corrected chi connectivity index (χ3v) is 3.47. The summed E-state index contributed by atoms with van der Waals surface area (Å²) in [6.07, 6.45) is 0.691. The topological polar surface area (TPSA) is 96.0 Å². The number of nitriles is 1. The third-order valence-electron chi connectivity index (χ3n) is 1.96. The van der Waals surface area contributed by atoms with Crippen LogP contribution in [0.5, 0.6) is 0 Å². The molecule has 0 unspecified atom stereocenters. The maximum absolute atomic E-state index is 11.8. The second kappa shape index (κ2) is 4.96. The van der Waals surface area contributed by atoms with Crippen LogP contribution in [0.4, 0.5) is 5.69 Å². The monoisotopic (exact) mass is 239 g/mol. The molecule has 1 rings (SSSR count). The van der Waals surface area contributed by atoms with Crippen molar-refractivity contribution >= 4 is 15.7 Å². The van der Waals surface area contributed by atoms with Crippen LogP contribution in [0.1, 0.15) is 18.9 Å². The number of nitrogen functional groups attached to an aromatic ring is 1. The van der Waals surface area contributed by atoms with E-state index in [0.29, 0.717) is 18.7 Å². The minimum absolute atomic E-state index is 0.0300. The molecule has 0 atom stereocenters. The molecule has 1 aromatic carbocycles. The highest BCUT2D eigenvalue weighted by Crippen LogP contribution is 2.17. The molecule has 0 spiro atoms.